The highest BCUT2D eigenvalue weighted by Gasteiger charge is 2.17. The summed E-state index contributed by atoms with van der Waals surface area (Å²) in [5.74, 6) is -0.0212. The number of aromatic nitrogens is 2. The van der Waals surface area contributed by atoms with Crippen molar-refractivity contribution in [3.8, 4) is 5.69 Å². The van der Waals surface area contributed by atoms with Crippen molar-refractivity contribution in [3.63, 3.8) is 0 Å². The van der Waals surface area contributed by atoms with Gasteiger partial charge in [-0.1, -0.05) is 29.4 Å². The summed E-state index contributed by atoms with van der Waals surface area (Å²) in [6.07, 6.45) is 1.69. The van der Waals surface area contributed by atoms with Gasteiger partial charge in [0.05, 0.1) is 22.7 Å². The van der Waals surface area contributed by atoms with Crippen molar-refractivity contribution in [2.24, 2.45) is 0 Å². The number of carbonyl (C=O) groups excluding carboxylic acids is 1. The molecule has 0 saturated carbocycles. The number of aryl methyl sites for hydroxylation is 1. The molecule has 0 fully saturated rings. The molecule has 1 aromatic heterocycles. The molecule has 0 aliphatic heterocycles. The summed E-state index contributed by atoms with van der Waals surface area (Å²) >= 11 is 7.66. The van der Waals surface area contributed by atoms with Crippen molar-refractivity contribution >= 4 is 29.3 Å². The van der Waals surface area contributed by atoms with Gasteiger partial charge in [0.1, 0.15) is 10.6 Å². The van der Waals surface area contributed by atoms with E-state index in [4.69, 9.17) is 16.3 Å². The van der Waals surface area contributed by atoms with Crippen molar-refractivity contribution in [3.05, 3.63) is 41.0 Å². The second-order valence-electron chi connectivity index (χ2n) is 5.91. The summed E-state index contributed by atoms with van der Waals surface area (Å²) in [4.78, 5) is 11.8. The highest BCUT2D eigenvalue weighted by atomic mass is 35.5. The molecule has 2 aromatic rings. The van der Waals surface area contributed by atoms with E-state index in [2.05, 4.69) is 5.10 Å². The van der Waals surface area contributed by atoms with Crippen LogP contribution in [0, 0.1) is 6.92 Å². The lowest BCUT2D eigenvalue weighted by Crippen LogP contribution is -2.25. The zero-order valence-electron chi connectivity index (χ0n) is 13.1. The maximum Gasteiger partial charge on any atom is 0.316 e. The molecule has 0 spiro atoms. The molecular formula is C16H19ClN2O2S. The Morgan fingerprint density at radius 1 is 1.36 bits per heavy atom. The van der Waals surface area contributed by atoms with Crippen LogP contribution in [0.4, 0.5) is 0 Å². The van der Waals surface area contributed by atoms with E-state index in [1.165, 1.54) is 11.8 Å². The van der Waals surface area contributed by atoms with Crippen LogP contribution in [0.25, 0.3) is 5.69 Å². The lowest BCUT2D eigenvalue weighted by molar-refractivity contribution is -0.151. The van der Waals surface area contributed by atoms with E-state index in [0.29, 0.717) is 5.02 Å². The Hall–Kier alpha value is -1.46. The number of esters is 1. The van der Waals surface area contributed by atoms with E-state index in [1.807, 2.05) is 52.0 Å². The fraction of sp³-hybridized carbons (Fsp3) is 0.375. The number of halogens is 1. The molecule has 0 unspecified atom stereocenters. The minimum Gasteiger partial charge on any atom is -0.459 e. The lowest BCUT2D eigenvalue weighted by atomic mass is 10.2. The third-order valence-electron chi connectivity index (χ3n) is 2.70. The SMILES string of the molecule is Cc1ccc(-n2nccc2SCC(=O)OC(C)(C)C)c(Cl)c1. The molecule has 4 nitrogen and oxygen atoms in total. The first kappa shape index (κ1) is 16.9. The van der Waals surface area contributed by atoms with Gasteiger partial charge >= 0.3 is 5.97 Å². The molecule has 0 amide bonds. The fourth-order valence-corrected chi connectivity index (χ4v) is 2.93. The number of hydrogen-bond acceptors (Lipinski definition) is 4. The third-order valence-corrected chi connectivity index (χ3v) is 3.98. The minimum absolute atomic E-state index is 0.229. The average molecular weight is 339 g/mol. The average Bonchev–Trinajstić information content (AvgIpc) is 2.82. The monoisotopic (exact) mass is 338 g/mol. The maximum atomic E-state index is 11.8. The van der Waals surface area contributed by atoms with Crippen molar-refractivity contribution < 1.29 is 9.53 Å². The van der Waals surface area contributed by atoms with Gasteiger partial charge in [-0.05, 0) is 51.5 Å². The highest BCUT2D eigenvalue weighted by molar-refractivity contribution is 7.99. The molecule has 22 heavy (non-hydrogen) atoms. The molecule has 0 radical (unpaired) electrons. The number of nitrogens with zero attached hydrogens (tertiary/aromatic N) is 2. The molecule has 0 aliphatic carbocycles. The minimum atomic E-state index is -0.474. The van der Waals surface area contributed by atoms with Crippen LogP contribution in [0.5, 0.6) is 0 Å². The number of rotatable bonds is 4. The largest absolute Gasteiger partial charge is 0.459 e. The van der Waals surface area contributed by atoms with Crippen molar-refractivity contribution in [1.82, 2.24) is 9.78 Å². The number of hydrogen-bond donors (Lipinski definition) is 0. The molecule has 6 heteroatoms. The molecule has 0 bridgehead atoms. The van der Waals surface area contributed by atoms with E-state index in [1.54, 1.807) is 10.9 Å². The number of thioether (sulfide) groups is 1. The van der Waals surface area contributed by atoms with Gasteiger partial charge < -0.3 is 4.74 Å². The van der Waals surface area contributed by atoms with Crippen LogP contribution >= 0.6 is 23.4 Å². The van der Waals surface area contributed by atoms with Crippen LogP contribution in [-0.4, -0.2) is 27.1 Å². The van der Waals surface area contributed by atoms with Gasteiger partial charge in [-0.2, -0.15) is 5.10 Å². The second kappa shape index (κ2) is 6.75. The first-order chi connectivity index (χ1) is 10.3. The van der Waals surface area contributed by atoms with Crippen LogP contribution in [0.3, 0.4) is 0 Å². The van der Waals surface area contributed by atoms with E-state index < -0.39 is 5.60 Å². The van der Waals surface area contributed by atoms with Crippen LogP contribution in [0.2, 0.25) is 5.02 Å². The molecule has 1 heterocycles. The Morgan fingerprint density at radius 3 is 2.73 bits per heavy atom. The maximum absolute atomic E-state index is 11.8. The summed E-state index contributed by atoms with van der Waals surface area (Å²) in [6.45, 7) is 7.54. The number of carbonyl (C=O) groups is 1. The molecule has 0 saturated heterocycles. The van der Waals surface area contributed by atoms with Gasteiger partial charge in [0.25, 0.3) is 0 Å². The fourth-order valence-electron chi connectivity index (χ4n) is 1.87. The van der Waals surface area contributed by atoms with Gasteiger partial charge in [-0.3, -0.25) is 4.79 Å². The first-order valence-corrected chi connectivity index (χ1v) is 8.28. The van der Waals surface area contributed by atoms with Crippen LogP contribution in [0.15, 0.2) is 35.5 Å². The van der Waals surface area contributed by atoms with Gasteiger partial charge in [0.2, 0.25) is 0 Å². The zero-order chi connectivity index (χ0) is 16.3. The molecule has 1 aromatic carbocycles. The Labute approximate surface area is 139 Å². The molecule has 118 valence electrons. The highest BCUT2D eigenvalue weighted by Crippen LogP contribution is 2.27. The Balaban J connectivity index is 2.12. The van der Waals surface area contributed by atoms with E-state index >= 15 is 0 Å². The summed E-state index contributed by atoms with van der Waals surface area (Å²) < 4.78 is 7.04. The zero-order valence-corrected chi connectivity index (χ0v) is 14.7. The Bertz CT molecular complexity index is 677. The Kier molecular flexibility index (Phi) is 5.19. The quantitative estimate of drug-likeness (QED) is 0.617. The molecule has 2 rings (SSSR count). The molecule has 0 atom stereocenters. The lowest BCUT2D eigenvalue weighted by Gasteiger charge is -2.19. The van der Waals surface area contributed by atoms with E-state index in [-0.39, 0.29) is 11.7 Å². The first-order valence-electron chi connectivity index (χ1n) is 6.91. The molecule has 0 N–H and O–H groups in total. The van der Waals surface area contributed by atoms with Crippen molar-refractivity contribution in [1.29, 1.82) is 0 Å². The van der Waals surface area contributed by atoms with E-state index in [0.717, 1.165) is 16.3 Å². The number of ether oxygens (including phenoxy) is 1. The van der Waals surface area contributed by atoms with Crippen LogP contribution in [0.1, 0.15) is 26.3 Å². The topological polar surface area (TPSA) is 44.1 Å². The summed E-state index contributed by atoms with van der Waals surface area (Å²) in [5.41, 5.74) is 1.41. The van der Waals surface area contributed by atoms with Crippen LogP contribution < -0.4 is 0 Å². The third kappa shape index (κ3) is 4.52. The van der Waals surface area contributed by atoms with Gasteiger partial charge in [-0.15, -0.1) is 0 Å². The van der Waals surface area contributed by atoms with Gasteiger partial charge in [-0.25, -0.2) is 4.68 Å². The van der Waals surface area contributed by atoms with E-state index in [9.17, 15) is 4.79 Å². The van der Waals surface area contributed by atoms with Crippen LogP contribution in [-0.2, 0) is 9.53 Å². The predicted molar refractivity (Wildman–Crippen MR) is 89.9 cm³/mol. The van der Waals surface area contributed by atoms with Crippen molar-refractivity contribution in [2.45, 2.75) is 38.3 Å². The predicted octanol–water partition coefficient (Wildman–Crippen LogP) is 4.27. The summed E-state index contributed by atoms with van der Waals surface area (Å²) in [6, 6.07) is 7.64. The van der Waals surface area contributed by atoms with Gasteiger partial charge in [0.15, 0.2) is 0 Å². The van der Waals surface area contributed by atoms with Crippen molar-refractivity contribution in [2.75, 3.05) is 5.75 Å². The summed E-state index contributed by atoms with van der Waals surface area (Å²) in [7, 11) is 0. The molecule has 0 aliphatic rings. The second-order valence-corrected chi connectivity index (χ2v) is 7.31. The molecular weight excluding hydrogens is 320 g/mol. The standard InChI is InChI=1S/C16H19ClN2O2S/c1-11-5-6-13(12(17)9-11)19-14(7-8-18-19)22-10-15(20)21-16(2,3)4/h5-9H,10H2,1-4H3. The summed E-state index contributed by atoms with van der Waals surface area (Å²) in [5, 5.41) is 5.76. The Morgan fingerprint density at radius 2 is 2.09 bits per heavy atom. The van der Waals surface area contributed by atoms with Gasteiger partial charge in [0, 0.05) is 0 Å². The number of benzene rings is 1. The smallest absolute Gasteiger partial charge is 0.316 e. The normalized spacial score (nSPS) is 11.5.